The zero-order valence-corrected chi connectivity index (χ0v) is 6.79. The second-order valence-corrected chi connectivity index (χ2v) is 1.62. The molecular formula is C6H18CaClN. The molecule has 0 saturated carbocycles. The Bertz CT molecular complexity index is 34.5. The van der Waals surface area contributed by atoms with Gasteiger partial charge >= 0.3 is 37.7 Å². The van der Waals surface area contributed by atoms with E-state index in [2.05, 4.69) is 25.7 Å². The van der Waals surface area contributed by atoms with Gasteiger partial charge in [-0.15, -0.1) is 12.4 Å². The first-order chi connectivity index (χ1) is 3.35. The van der Waals surface area contributed by atoms with Crippen LogP contribution in [0.4, 0.5) is 0 Å². The zero-order chi connectivity index (χ0) is 5.70. The normalized spacial score (nSPS) is 8.00. The molecule has 0 aliphatic carbocycles. The summed E-state index contributed by atoms with van der Waals surface area (Å²) in [6.45, 7) is 10.1. The molecule has 0 fully saturated rings. The van der Waals surface area contributed by atoms with Gasteiger partial charge in [0.2, 0.25) is 0 Å². The monoisotopic (exact) mass is 179 g/mol. The molecule has 0 heterocycles. The predicted molar refractivity (Wildman–Crippen MR) is 49.3 cm³/mol. The summed E-state index contributed by atoms with van der Waals surface area (Å²) in [7, 11) is 0. The van der Waals surface area contributed by atoms with Gasteiger partial charge in [0.1, 0.15) is 0 Å². The Hall–Kier alpha value is 1.51. The molecule has 0 bridgehead atoms. The fraction of sp³-hybridized carbons (Fsp3) is 1.00. The van der Waals surface area contributed by atoms with Crippen LogP contribution in [0.2, 0.25) is 0 Å². The Morgan fingerprint density at radius 2 is 1.11 bits per heavy atom. The molecular weight excluding hydrogens is 162 g/mol. The van der Waals surface area contributed by atoms with Crippen LogP contribution < -0.4 is 0 Å². The fourth-order valence-corrected chi connectivity index (χ4v) is 0.671. The molecule has 0 saturated heterocycles. The van der Waals surface area contributed by atoms with Crippen molar-refractivity contribution < 1.29 is 0 Å². The van der Waals surface area contributed by atoms with Gasteiger partial charge in [0.25, 0.3) is 0 Å². The Morgan fingerprint density at radius 3 is 1.11 bits per heavy atom. The second-order valence-electron chi connectivity index (χ2n) is 1.62. The van der Waals surface area contributed by atoms with E-state index in [0.29, 0.717) is 0 Å². The molecule has 0 spiro atoms. The Labute approximate surface area is 94.6 Å². The second kappa shape index (κ2) is 12.2. The topological polar surface area (TPSA) is 3.24 Å². The van der Waals surface area contributed by atoms with E-state index in [-0.39, 0.29) is 50.1 Å². The molecule has 0 unspecified atom stereocenters. The zero-order valence-electron chi connectivity index (χ0n) is 5.98. The van der Waals surface area contributed by atoms with Crippen LogP contribution in [0.5, 0.6) is 0 Å². The standard InChI is InChI=1S/C6H15N.Ca.ClH.2H/c1-4-7(5-2)6-3;;;;/h4-6H2,1-3H3;;1H;;. The van der Waals surface area contributed by atoms with E-state index < -0.39 is 0 Å². The molecule has 0 amide bonds. The van der Waals surface area contributed by atoms with Crippen LogP contribution in [0, 0.1) is 0 Å². The number of hydrogen-bond acceptors (Lipinski definition) is 1. The van der Waals surface area contributed by atoms with Crippen molar-refractivity contribution in [3.05, 3.63) is 0 Å². The molecule has 0 atom stereocenters. The van der Waals surface area contributed by atoms with E-state index in [1.807, 2.05) is 0 Å². The van der Waals surface area contributed by atoms with Crippen molar-refractivity contribution >= 4 is 50.1 Å². The molecule has 0 N–H and O–H groups in total. The molecule has 0 aliphatic heterocycles. The maximum absolute atomic E-state index is 2.38. The summed E-state index contributed by atoms with van der Waals surface area (Å²) in [6, 6.07) is 0. The van der Waals surface area contributed by atoms with Crippen LogP contribution in [0.25, 0.3) is 0 Å². The summed E-state index contributed by atoms with van der Waals surface area (Å²) >= 11 is 0. The summed E-state index contributed by atoms with van der Waals surface area (Å²) < 4.78 is 0. The molecule has 0 rings (SSSR count). The van der Waals surface area contributed by atoms with Gasteiger partial charge < -0.3 is 4.90 Å². The number of hydrogen-bond donors (Lipinski definition) is 0. The minimum atomic E-state index is 0. The van der Waals surface area contributed by atoms with E-state index in [0.717, 1.165) is 0 Å². The Kier molecular flexibility index (Phi) is 22.9. The van der Waals surface area contributed by atoms with Crippen LogP contribution in [-0.4, -0.2) is 62.3 Å². The molecule has 0 radical (unpaired) electrons. The van der Waals surface area contributed by atoms with Crippen molar-refractivity contribution in [1.29, 1.82) is 0 Å². The molecule has 9 heavy (non-hydrogen) atoms. The third-order valence-corrected chi connectivity index (χ3v) is 1.34. The summed E-state index contributed by atoms with van der Waals surface area (Å²) in [5.74, 6) is 0. The van der Waals surface area contributed by atoms with Crippen LogP contribution in [0.3, 0.4) is 0 Å². The third kappa shape index (κ3) is 9.51. The van der Waals surface area contributed by atoms with Crippen LogP contribution >= 0.6 is 12.4 Å². The van der Waals surface area contributed by atoms with Gasteiger partial charge in [-0.2, -0.15) is 0 Å². The molecule has 3 heteroatoms. The quantitative estimate of drug-likeness (QED) is 0.581. The van der Waals surface area contributed by atoms with Gasteiger partial charge in [-0.3, -0.25) is 0 Å². The summed E-state index contributed by atoms with van der Waals surface area (Å²) in [6.07, 6.45) is 0. The van der Waals surface area contributed by atoms with Crippen LogP contribution in [0.15, 0.2) is 0 Å². The molecule has 0 aromatic rings. The SMILES string of the molecule is CCN(CC)CC.Cl.[CaH2]. The summed E-state index contributed by atoms with van der Waals surface area (Å²) in [5, 5.41) is 0. The van der Waals surface area contributed by atoms with Crippen molar-refractivity contribution in [3.8, 4) is 0 Å². The first-order valence-corrected chi connectivity index (χ1v) is 3.07. The molecule has 0 aromatic carbocycles. The van der Waals surface area contributed by atoms with E-state index in [4.69, 9.17) is 0 Å². The Balaban J connectivity index is -0.000000180. The van der Waals surface area contributed by atoms with E-state index in [9.17, 15) is 0 Å². The van der Waals surface area contributed by atoms with E-state index in [1.54, 1.807) is 0 Å². The predicted octanol–water partition coefficient (Wildman–Crippen LogP) is 0.854. The van der Waals surface area contributed by atoms with Crippen LogP contribution in [-0.2, 0) is 0 Å². The first kappa shape index (κ1) is 16.9. The summed E-state index contributed by atoms with van der Waals surface area (Å²) in [5.41, 5.74) is 0. The van der Waals surface area contributed by atoms with Gasteiger partial charge in [0, 0.05) is 0 Å². The van der Waals surface area contributed by atoms with Crippen molar-refractivity contribution in [1.82, 2.24) is 4.90 Å². The van der Waals surface area contributed by atoms with Gasteiger partial charge in [-0.1, -0.05) is 20.8 Å². The van der Waals surface area contributed by atoms with Gasteiger partial charge in [0.05, 0.1) is 0 Å². The van der Waals surface area contributed by atoms with Crippen molar-refractivity contribution in [2.75, 3.05) is 19.6 Å². The minimum absolute atomic E-state index is 0. The van der Waals surface area contributed by atoms with Gasteiger partial charge in [0.15, 0.2) is 0 Å². The average Bonchev–Trinajstić information content (AvgIpc) is 1.72. The number of halogens is 1. The van der Waals surface area contributed by atoms with Gasteiger partial charge in [-0.25, -0.2) is 0 Å². The third-order valence-electron chi connectivity index (χ3n) is 1.34. The molecule has 56 valence electrons. The van der Waals surface area contributed by atoms with Crippen LogP contribution in [0.1, 0.15) is 20.8 Å². The van der Waals surface area contributed by atoms with Crippen molar-refractivity contribution in [3.63, 3.8) is 0 Å². The van der Waals surface area contributed by atoms with Gasteiger partial charge in [-0.05, 0) is 19.6 Å². The van der Waals surface area contributed by atoms with Crippen molar-refractivity contribution in [2.45, 2.75) is 20.8 Å². The number of rotatable bonds is 3. The first-order valence-electron chi connectivity index (χ1n) is 3.07. The summed E-state index contributed by atoms with van der Waals surface area (Å²) in [4.78, 5) is 2.38. The maximum atomic E-state index is 2.38. The van der Waals surface area contributed by atoms with Crippen molar-refractivity contribution in [2.24, 2.45) is 0 Å². The molecule has 0 aliphatic rings. The van der Waals surface area contributed by atoms with E-state index in [1.165, 1.54) is 19.6 Å². The van der Waals surface area contributed by atoms with E-state index >= 15 is 0 Å². The molecule has 1 nitrogen and oxygen atoms in total. The fourth-order valence-electron chi connectivity index (χ4n) is 0.671. The Morgan fingerprint density at radius 1 is 0.889 bits per heavy atom. The molecule has 0 aromatic heterocycles. The average molecular weight is 180 g/mol. The number of nitrogens with zero attached hydrogens (tertiary/aromatic N) is 1.